The van der Waals surface area contributed by atoms with E-state index in [1.54, 1.807) is 19.1 Å². The van der Waals surface area contributed by atoms with Crippen molar-refractivity contribution in [2.75, 3.05) is 5.32 Å². The first-order valence-electron chi connectivity index (χ1n) is 7.75. The summed E-state index contributed by atoms with van der Waals surface area (Å²) in [4.78, 5) is 27.7. The number of nitrogens with one attached hydrogen (secondary N) is 2. The molecule has 0 aliphatic heterocycles. The zero-order valence-electron chi connectivity index (χ0n) is 13.7. The highest BCUT2D eigenvalue weighted by atomic mass is 32.1. The van der Waals surface area contributed by atoms with Crippen molar-refractivity contribution in [1.82, 2.24) is 9.55 Å². The maximum atomic E-state index is 13.9. The van der Waals surface area contributed by atoms with Crippen molar-refractivity contribution in [2.45, 2.75) is 20.4 Å². The Bertz CT molecular complexity index is 1100. The lowest BCUT2D eigenvalue weighted by molar-refractivity contribution is 0.102. The fraction of sp³-hybridized carbons (Fsp3) is 0.167. The summed E-state index contributed by atoms with van der Waals surface area (Å²) in [7, 11) is 0. The zero-order chi connectivity index (χ0) is 18.1. The highest BCUT2D eigenvalue weighted by Gasteiger charge is 2.12. The van der Waals surface area contributed by atoms with Crippen molar-refractivity contribution >= 4 is 34.7 Å². The van der Waals surface area contributed by atoms with Gasteiger partial charge in [-0.2, -0.15) is 0 Å². The Hall–Kier alpha value is -2.80. The lowest BCUT2D eigenvalue weighted by atomic mass is 10.1. The molecule has 5 nitrogen and oxygen atoms in total. The minimum Gasteiger partial charge on any atom is -0.332 e. The van der Waals surface area contributed by atoms with Crippen LogP contribution in [0, 0.1) is 17.5 Å². The number of rotatable bonds is 3. The van der Waals surface area contributed by atoms with Crippen molar-refractivity contribution in [2.24, 2.45) is 0 Å². The molecule has 0 saturated carbocycles. The maximum absolute atomic E-state index is 13.9. The van der Waals surface area contributed by atoms with Gasteiger partial charge in [0.1, 0.15) is 5.82 Å². The highest BCUT2D eigenvalue weighted by molar-refractivity contribution is 7.71. The number of hydrogen-bond acceptors (Lipinski definition) is 3. The third-order valence-corrected chi connectivity index (χ3v) is 4.26. The first kappa shape index (κ1) is 17.0. The van der Waals surface area contributed by atoms with Crippen LogP contribution in [0.3, 0.4) is 0 Å². The average molecular weight is 357 g/mol. The first-order valence-corrected chi connectivity index (χ1v) is 8.16. The molecule has 1 aromatic heterocycles. The molecule has 0 saturated heterocycles. The van der Waals surface area contributed by atoms with Gasteiger partial charge in [-0.3, -0.25) is 14.2 Å². The van der Waals surface area contributed by atoms with Crippen LogP contribution in [-0.2, 0) is 6.54 Å². The number of nitrogens with zero attached hydrogens (tertiary/aromatic N) is 1. The van der Waals surface area contributed by atoms with Gasteiger partial charge in [-0.25, -0.2) is 4.39 Å². The molecular formula is C18H16FN3O2S. The number of benzene rings is 2. The molecule has 0 radical (unpaired) electrons. The van der Waals surface area contributed by atoms with Crippen LogP contribution in [0.1, 0.15) is 22.8 Å². The minimum absolute atomic E-state index is 0.102. The Morgan fingerprint density at radius 3 is 2.72 bits per heavy atom. The molecular weight excluding hydrogens is 341 g/mol. The van der Waals surface area contributed by atoms with Crippen molar-refractivity contribution in [3.8, 4) is 0 Å². The van der Waals surface area contributed by atoms with E-state index >= 15 is 0 Å². The molecule has 25 heavy (non-hydrogen) atoms. The first-order chi connectivity index (χ1) is 11.9. The van der Waals surface area contributed by atoms with E-state index in [0.717, 1.165) is 5.56 Å². The number of aryl methyl sites for hydroxylation is 1. The predicted molar refractivity (Wildman–Crippen MR) is 98.2 cm³/mol. The summed E-state index contributed by atoms with van der Waals surface area (Å²) in [6, 6.07) is 9.20. The molecule has 0 aliphatic carbocycles. The summed E-state index contributed by atoms with van der Waals surface area (Å²) in [5.41, 5.74) is 1.42. The van der Waals surface area contributed by atoms with E-state index in [4.69, 9.17) is 12.2 Å². The number of fused-ring (bicyclic) bond motifs is 1. The van der Waals surface area contributed by atoms with Gasteiger partial charge in [-0.15, -0.1) is 0 Å². The summed E-state index contributed by atoms with van der Waals surface area (Å²) in [6.45, 7) is 4.05. The second kappa shape index (κ2) is 6.60. The SMILES string of the molecule is CCn1c(=S)[nH]c2cc(C(=O)Nc3ccc(C)cc3F)ccc2c1=O. The Kier molecular flexibility index (Phi) is 4.50. The fourth-order valence-corrected chi connectivity index (χ4v) is 2.92. The molecule has 0 unspecified atom stereocenters. The number of halogens is 1. The van der Waals surface area contributed by atoms with Crippen molar-refractivity contribution in [3.05, 3.63) is 68.5 Å². The third kappa shape index (κ3) is 3.23. The monoisotopic (exact) mass is 357 g/mol. The summed E-state index contributed by atoms with van der Waals surface area (Å²) in [6.07, 6.45) is 0. The summed E-state index contributed by atoms with van der Waals surface area (Å²) >= 11 is 5.17. The van der Waals surface area contributed by atoms with E-state index in [1.807, 2.05) is 6.92 Å². The van der Waals surface area contributed by atoms with E-state index in [9.17, 15) is 14.0 Å². The number of H-pyrrole nitrogens is 1. The molecule has 128 valence electrons. The number of carbonyl (C=O) groups excluding carboxylic acids is 1. The molecule has 0 aliphatic rings. The fourth-order valence-electron chi connectivity index (χ4n) is 2.60. The average Bonchev–Trinajstić information content (AvgIpc) is 2.57. The maximum Gasteiger partial charge on any atom is 0.262 e. The second-order valence-corrected chi connectivity index (χ2v) is 6.06. The molecule has 2 aromatic carbocycles. The molecule has 0 spiro atoms. The van der Waals surface area contributed by atoms with E-state index in [1.165, 1.54) is 28.8 Å². The zero-order valence-corrected chi connectivity index (χ0v) is 14.5. The topological polar surface area (TPSA) is 66.9 Å². The molecule has 2 N–H and O–H groups in total. The molecule has 0 bridgehead atoms. The van der Waals surface area contributed by atoms with Crippen LogP contribution in [-0.4, -0.2) is 15.5 Å². The Morgan fingerprint density at radius 2 is 2.04 bits per heavy atom. The van der Waals surface area contributed by atoms with Gasteiger partial charge in [0.05, 0.1) is 16.6 Å². The van der Waals surface area contributed by atoms with Crippen LogP contribution in [0.5, 0.6) is 0 Å². The quantitative estimate of drug-likeness (QED) is 0.701. The van der Waals surface area contributed by atoms with Crippen molar-refractivity contribution < 1.29 is 9.18 Å². The van der Waals surface area contributed by atoms with Crippen LogP contribution < -0.4 is 10.9 Å². The van der Waals surface area contributed by atoms with Crippen LogP contribution in [0.2, 0.25) is 0 Å². The molecule has 7 heteroatoms. The third-order valence-electron chi connectivity index (χ3n) is 3.93. The predicted octanol–water partition coefficient (Wildman–Crippen LogP) is 3.78. The van der Waals surface area contributed by atoms with Gasteiger partial charge in [0.25, 0.3) is 11.5 Å². The summed E-state index contributed by atoms with van der Waals surface area (Å²) in [5.74, 6) is -0.969. The largest absolute Gasteiger partial charge is 0.332 e. The molecule has 0 atom stereocenters. The van der Waals surface area contributed by atoms with Gasteiger partial charge in [0, 0.05) is 12.1 Å². The number of amides is 1. The van der Waals surface area contributed by atoms with E-state index in [2.05, 4.69) is 10.3 Å². The summed E-state index contributed by atoms with van der Waals surface area (Å²) in [5, 5.41) is 2.97. The van der Waals surface area contributed by atoms with Gasteiger partial charge in [0.2, 0.25) is 0 Å². The normalized spacial score (nSPS) is 10.8. The van der Waals surface area contributed by atoms with Gasteiger partial charge in [-0.05, 0) is 62.0 Å². The van der Waals surface area contributed by atoms with Gasteiger partial charge in [0.15, 0.2) is 4.77 Å². The second-order valence-electron chi connectivity index (χ2n) is 5.68. The van der Waals surface area contributed by atoms with Crippen molar-refractivity contribution in [1.29, 1.82) is 0 Å². The number of aromatic amines is 1. The molecule has 3 rings (SSSR count). The standard InChI is InChI=1S/C18H16FN3O2S/c1-3-22-17(24)12-6-5-11(9-15(12)21-18(22)25)16(23)20-14-7-4-10(2)8-13(14)19/h4-9H,3H2,1-2H3,(H,20,23)(H,21,25). The smallest absolute Gasteiger partial charge is 0.262 e. The Balaban J connectivity index is 2.00. The number of anilines is 1. The molecule has 1 amide bonds. The van der Waals surface area contributed by atoms with Crippen LogP contribution in [0.15, 0.2) is 41.2 Å². The van der Waals surface area contributed by atoms with Crippen molar-refractivity contribution in [3.63, 3.8) is 0 Å². The van der Waals surface area contributed by atoms with Gasteiger partial charge < -0.3 is 10.3 Å². The van der Waals surface area contributed by atoms with E-state index < -0.39 is 11.7 Å². The number of aromatic nitrogens is 2. The Morgan fingerprint density at radius 1 is 1.28 bits per heavy atom. The molecule has 1 heterocycles. The van der Waals surface area contributed by atoms with E-state index in [-0.39, 0.29) is 11.2 Å². The highest BCUT2D eigenvalue weighted by Crippen LogP contribution is 2.17. The van der Waals surface area contributed by atoms with Gasteiger partial charge >= 0.3 is 0 Å². The molecule has 0 fully saturated rings. The van der Waals surface area contributed by atoms with Gasteiger partial charge in [-0.1, -0.05) is 6.07 Å². The van der Waals surface area contributed by atoms with Crippen LogP contribution >= 0.6 is 12.2 Å². The molecule has 3 aromatic rings. The lowest BCUT2D eigenvalue weighted by Crippen LogP contribution is -2.21. The number of hydrogen-bond donors (Lipinski definition) is 2. The van der Waals surface area contributed by atoms with Crippen LogP contribution in [0.4, 0.5) is 10.1 Å². The summed E-state index contributed by atoms with van der Waals surface area (Å²) < 4.78 is 15.6. The lowest BCUT2D eigenvalue weighted by Gasteiger charge is -2.09. The van der Waals surface area contributed by atoms with E-state index in [0.29, 0.717) is 27.8 Å². The number of carbonyl (C=O) groups is 1. The Labute approximate surface area is 148 Å². The van der Waals surface area contributed by atoms with Crippen LogP contribution in [0.25, 0.3) is 10.9 Å². The minimum atomic E-state index is -0.501.